The van der Waals surface area contributed by atoms with Crippen LogP contribution >= 0.6 is 18.7 Å². The molecule has 1 nitrogen and oxygen atoms in total. The van der Waals surface area contributed by atoms with Gasteiger partial charge in [0.2, 0.25) is 0 Å². The standard InChI is InChI=1S/C5H8ClOP/c6-5-8(7)3-1-2-4-8/h1-2H,3-5H2. The van der Waals surface area contributed by atoms with E-state index in [0.717, 1.165) is 12.3 Å². The van der Waals surface area contributed by atoms with E-state index in [1.165, 1.54) is 0 Å². The number of rotatable bonds is 1. The maximum Gasteiger partial charge on any atom is 0.109 e. The fourth-order valence-corrected chi connectivity index (χ4v) is 2.70. The minimum Gasteiger partial charge on any atom is -0.322 e. The molecular weight excluding hydrogens is 142 g/mol. The number of halogens is 1. The summed E-state index contributed by atoms with van der Waals surface area (Å²) in [5.41, 5.74) is 0.347. The SMILES string of the molecule is O=P1(CCl)CC=CC1. The van der Waals surface area contributed by atoms with E-state index in [1.54, 1.807) is 0 Å². The lowest BCUT2D eigenvalue weighted by molar-refractivity contribution is 0.582. The first-order chi connectivity index (χ1) is 3.77. The van der Waals surface area contributed by atoms with E-state index in [0.29, 0.717) is 5.62 Å². The van der Waals surface area contributed by atoms with Gasteiger partial charge in [-0.05, 0) is 0 Å². The van der Waals surface area contributed by atoms with E-state index in [-0.39, 0.29) is 0 Å². The van der Waals surface area contributed by atoms with Gasteiger partial charge in [0, 0.05) is 12.3 Å². The quantitative estimate of drug-likeness (QED) is 0.318. The number of hydrogen-bond donors (Lipinski definition) is 0. The average molecular weight is 151 g/mol. The molecule has 0 bridgehead atoms. The molecule has 1 aliphatic rings. The Morgan fingerprint density at radius 1 is 1.50 bits per heavy atom. The Labute approximate surface area is 54.1 Å². The topological polar surface area (TPSA) is 17.1 Å². The van der Waals surface area contributed by atoms with Crippen molar-refractivity contribution in [3.63, 3.8) is 0 Å². The second kappa shape index (κ2) is 2.24. The summed E-state index contributed by atoms with van der Waals surface area (Å²) >= 11 is 5.45. The van der Waals surface area contributed by atoms with E-state index in [2.05, 4.69) is 0 Å². The Bertz CT molecular complexity index is 141. The van der Waals surface area contributed by atoms with Gasteiger partial charge in [-0.3, -0.25) is 0 Å². The first kappa shape index (κ1) is 6.38. The lowest BCUT2D eigenvalue weighted by atomic mass is 10.6. The van der Waals surface area contributed by atoms with Crippen LogP contribution in [0.15, 0.2) is 12.2 Å². The highest BCUT2D eigenvalue weighted by molar-refractivity contribution is 7.66. The largest absolute Gasteiger partial charge is 0.322 e. The van der Waals surface area contributed by atoms with Crippen LogP contribution in [0.2, 0.25) is 0 Å². The third-order valence-electron chi connectivity index (χ3n) is 1.26. The summed E-state index contributed by atoms with van der Waals surface area (Å²) < 4.78 is 11.2. The van der Waals surface area contributed by atoms with Crippen molar-refractivity contribution in [1.82, 2.24) is 0 Å². The highest BCUT2D eigenvalue weighted by Gasteiger charge is 2.20. The maximum absolute atomic E-state index is 11.2. The normalized spacial score (nSPS) is 24.1. The van der Waals surface area contributed by atoms with Gasteiger partial charge in [-0.25, -0.2) is 0 Å². The van der Waals surface area contributed by atoms with Crippen molar-refractivity contribution >= 4 is 18.7 Å². The van der Waals surface area contributed by atoms with Crippen LogP contribution in [0.1, 0.15) is 0 Å². The molecule has 46 valence electrons. The molecule has 0 saturated heterocycles. The molecule has 0 N–H and O–H groups in total. The predicted molar refractivity (Wildman–Crippen MR) is 37.2 cm³/mol. The van der Waals surface area contributed by atoms with Crippen LogP contribution in [0.4, 0.5) is 0 Å². The van der Waals surface area contributed by atoms with Crippen molar-refractivity contribution in [2.45, 2.75) is 0 Å². The van der Waals surface area contributed by atoms with Crippen LogP contribution in [0.25, 0.3) is 0 Å². The lowest BCUT2D eigenvalue weighted by Gasteiger charge is -2.02. The smallest absolute Gasteiger partial charge is 0.109 e. The Kier molecular flexibility index (Phi) is 1.79. The van der Waals surface area contributed by atoms with Gasteiger partial charge in [-0.15, -0.1) is 11.6 Å². The molecule has 0 atom stereocenters. The zero-order valence-corrected chi connectivity index (χ0v) is 6.16. The van der Waals surface area contributed by atoms with E-state index in [9.17, 15) is 4.57 Å². The van der Waals surface area contributed by atoms with Gasteiger partial charge < -0.3 is 4.57 Å². The number of hydrogen-bond acceptors (Lipinski definition) is 1. The van der Waals surface area contributed by atoms with Crippen molar-refractivity contribution in [2.75, 3.05) is 17.9 Å². The number of allylic oxidation sites excluding steroid dienone is 2. The molecule has 0 aromatic heterocycles. The summed E-state index contributed by atoms with van der Waals surface area (Å²) in [5, 5.41) is 0. The molecule has 0 unspecified atom stereocenters. The Hall–Kier alpha value is 0.260. The minimum atomic E-state index is -1.90. The first-order valence-electron chi connectivity index (χ1n) is 2.55. The van der Waals surface area contributed by atoms with Gasteiger partial charge in [-0.2, -0.15) is 0 Å². The molecule has 0 amide bonds. The van der Waals surface area contributed by atoms with E-state index in [4.69, 9.17) is 11.6 Å². The summed E-state index contributed by atoms with van der Waals surface area (Å²) in [5.74, 6) is 0. The molecule has 3 heteroatoms. The fourth-order valence-electron chi connectivity index (χ4n) is 0.705. The Balaban J connectivity index is 2.60. The molecule has 0 radical (unpaired) electrons. The Morgan fingerprint density at radius 3 is 2.25 bits per heavy atom. The molecule has 0 fully saturated rings. The van der Waals surface area contributed by atoms with Crippen LogP contribution in [-0.4, -0.2) is 17.9 Å². The van der Waals surface area contributed by atoms with Gasteiger partial charge in [0.05, 0.1) is 5.62 Å². The summed E-state index contributed by atoms with van der Waals surface area (Å²) in [6.07, 6.45) is 5.33. The van der Waals surface area contributed by atoms with Gasteiger partial charge in [0.1, 0.15) is 7.14 Å². The summed E-state index contributed by atoms with van der Waals surface area (Å²) in [6.45, 7) is 0. The maximum atomic E-state index is 11.2. The summed E-state index contributed by atoms with van der Waals surface area (Å²) in [4.78, 5) is 0. The van der Waals surface area contributed by atoms with E-state index in [1.807, 2.05) is 12.2 Å². The van der Waals surface area contributed by atoms with Gasteiger partial charge in [-0.1, -0.05) is 12.2 Å². The van der Waals surface area contributed by atoms with Crippen LogP contribution in [0, 0.1) is 0 Å². The molecule has 1 rings (SSSR count). The second-order valence-electron chi connectivity index (χ2n) is 2.01. The highest BCUT2D eigenvalue weighted by Crippen LogP contribution is 2.49. The first-order valence-corrected chi connectivity index (χ1v) is 5.35. The van der Waals surface area contributed by atoms with Gasteiger partial charge in [0.25, 0.3) is 0 Å². The zero-order chi connectivity index (χ0) is 6.04. The van der Waals surface area contributed by atoms with Crippen LogP contribution in [-0.2, 0) is 4.57 Å². The van der Waals surface area contributed by atoms with Crippen molar-refractivity contribution in [1.29, 1.82) is 0 Å². The summed E-state index contributed by atoms with van der Waals surface area (Å²) in [7, 11) is -1.90. The fraction of sp³-hybridized carbons (Fsp3) is 0.600. The van der Waals surface area contributed by atoms with Crippen molar-refractivity contribution in [2.24, 2.45) is 0 Å². The molecule has 0 saturated carbocycles. The van der Waals surface area contributed by atoms with Crippen LogP contribution < -0.4 is 0 Å². The van der Waals surface area contributed by atoms with Crippen molar-refractivity contribution in [3.8, 4) is 0 Å². The molecule has 0 aromatic rings. The van der Waals surface area contributed by atoms with Crippen LogP contribution in [0.5, 0.6) is 0 Å². The van der Waals surface area contributed by atoms with Crippen molar-refractivity contribution in [3.05, 3.63) is 12.2 Å². The van der Waals surface area contributed by atoms with Crippen LogP contribution in [0.3, 0.4) is 0 Å². The van der Waals surface area contributed by atoms with E-state index < -0.39 is 7.14 Å². The molecule has 1 heterocycles. The third-order valence-corrected chi connectivity index (χ3v) is 4.76. The monoisotopic (exact) mass is 150 g/mol. The molecule has 0 aliphatic carbocycles. The highest BCUT2D eigenvalue weighted by atomic mass is 35.5. The molecule has 8 heavy (non-hydrogen) atoms. The minimum absolute atomic E-state index is 0.347. The van der Waals surface area contributed by atoms with Gasteiger partial charge >= 0.3 is 0 Å². The summed E-state index contributed by atoms with van der Waals surface area (Å²) in [6, 6.07) is 0. The third kappa shape index (κ3) is 1.15. The second-order valence-corrected chi connectivity index (χ2v) is 5.82. The average Bonchev–Trinajstić information content (AvgIpc) is 2.17. The molecule has 0 spiro atoms. The zero-order valence-electron chi connectivity index (χ0n) is 4.51. The lowest BCUT2D eigenvalue weighted by Crippen LogP contribution is -1.83. The predicted octanol–water partition coefficient (Wildman–Crippen LogP) is 2.12. The van der Waals surface area contributed by atoms with E-state index >= 15 is 0 Å². The number of alkyl halides is 1. The molecular formula is C5H8ClOP. The molecule has 0 aromatic carbocycles. The molecule has 1 aliphatic heterocycles. The van der Waals surface area contributed by atoms with Crippen molar-refractivity contribution < 1.29 is 4.57 Å². The Morgan fingerprint density at radius 2 is 2.00 bits per heavy atom. The van der Waals surface area contributed by atoms with Gasteiger partial charge in [0.15, 0.2) is 0 Å².